The van der Waals surface area contributed by atoms with Crippen molar-refractivity contribution in [2.24, 2.45) is 0 Å². The molecule has 1 unspecified atom stereocenters. The Kier molecular flexibility index (Phi) is 5.74. The Hall–Kier alpha value is -2.63. The van der Waals surface area contributed by atoms with Gasteiger partial charge in [-0.3, -0.25) is 9.48 Å². The van der Waals surface area contributed by atoms with Crippen LogP contribution in [-0.4, -0.2) is 28.8 Å². The van der Waals surface area contributed by atoms with Crippen molar-refractivity contribution in [1.82, 2.24) is 20.4 Å². The molecule has 2 N–H and O–H groups in total. The molecule has 0 radical (unpaired) electrons. The van der Waals surface area contributed by atoms with E-state index in [9.17, 15) is 4.79 Å². The summed E-state index contributed by atoms with van der Waals surface area (Å²) in [7, 11) is 0. The van der Waals surface area contributed by atoms with E-state index in [1.54, 1.807) is 6.07 Å². The topological polar surface area (TPSA) is 59.0 Å². The van der Waals surface area contributed by atoms with Crippen LogP contribution in [0.25, 0.3) is 11.1 Å². The van der Waals surface area contributed by atoms with E-state index in [1.165, 1.54) is 0 Å². The van der Waals surface area contributed by atoms with Gasteiger partial charge in [-0.2, -0.15) is 5.10 Å². The van der Waals surface area contributed by atoms with Gasteiger partial charge in [0.15, 0.2) is 0 Å². The summed E-state index contributed by atoms with van der Waals surface area (Å²) in [5, 5.41) is 11.6. The van der Waals surface area contributed by atoms with Gasteiger partial charge >= 0.3 is 0 Å². The van der Waals surface area contributed by atoms with Crippen LogP contribution < -0.4 is 10.6 Å². The second kappa shape index (κ2) is 8.59. The highest BCUT2D eigenvalue weighted by Crippen LogP contribution is 2.25. The molecule has 0 bridgehead atoms. The second-order valence-corrected chi connectivity index (χ2v) is 7.46. The summed E-state index contributed by atoms with van der Waals surface area (Å²) in [6.07, 6.45) is 4.12. The molecule has 0 aliphatic carbocycles. The Morgan fingerprint density at radius 2 is 2.00 bits per heavy atom. The van der Waals surface area contributed by atoms with Gasteiger partial charge in [0, 0.05) is 24.3 Å². The van der Waals surface area contributed by atoms with Crippen LogP contribution >= 0.6 is 11.6 Å². The van der Waals surface area contributed by atoms with Crippen molar-refractivity contribution in [3.8, 4) is 11.1 Å². The number of nitrogens with one attached hydrogen (secondary N) is 2. The zero-order valence-corrected chi connectivity index (χ0v) is 16.3. The number of hydrogen-bond acceptors (Lipinski definition) is 3. The highest BCUT2D eigenvalue weighted by atomic mass is 35.5. The zero-order valence-electron chi connectivity index (χ0n) is 15.6. The Morgan fingerprint density at radius 3 is 2.79 bits per heavy atom. The normalized spacial score (nSPS) is 16.7. The maximum absolute atomic E-state index is 12.6. The van der Waals surface area contributed by atoms with Crippen LogP contribution in [0.1, 0.15) is 34.9 Å². The van der Waals surface area contributed by atoms with E-state index < -0.39 is 0 Å². The maximum atomic E-state index is 12.6. The minimum Gasteiger partial charge on any atom is -0.347 e. The van der Waals surface area contributed by atoms with Crippen LogP contribution in [0.4, 0.5) is 0 Å². The molecule has 1 aliphatic rings. The smallest absolute Gasteiger partial charge is 0.272 e. The van der Waals surface area contributed by atoms with E-state index in [-0.39, 0.29) is 5.91 Å². The van der Waals surface area contributed by atoms with Gasteiger partial charge in [0.2, 0.25) is 0 Å². The lowest BCUT2D eigenvalue weighted by molar-refractivity contribution is 0.0944. The molecule has 1 amide bonds. The number of hydrogen-bond donors (Lipinski definition) is 2. The molecular formula is C22H23ClN4O. The Labute approximate surface area is 169 Å². The van der Waals surface area contributed by atoms with Crippen LogP contribution in [0.3, 0.4) is 0 Å². The molecule has 1 atom stereocenters. The Balaban J connectivity index is 1.44. The van der Waals surface area contributed by atoms with Crippen molar-refractivity contribution in [3.05, 3.63) is 77.1 Å². The van der Waals surface area contributed by atoms with Crippen molar-refractivity contribution >= 4 is 17.5 Å². The van der Waals surface area contributed by atoms with Crippen LogP contribution in [0.15, 0.2) is 60.8 Å². The minimum atomic E-state index is -0.159. The summed E-state index contributed by atoms with van der Waals surface area (Å²) in [4.78, 5) is 12.6. The molecule has 1 aliphatic heterocycles. The number of benzene rings is 2. The zero-order chi connectivity index (χ0) is 19.3. The van der Waals surface area contributed by atoms with Crippen LogP contribution in [0.2, 0.25) is 5.02 Å². The van der Waals surface area contributed by atoms with Gasteiger partial charge in [-0.15, -0.1) is 0 Å². The van der Waals surface area contributed by atoms with Gasteiger partial charge in [0.1, 0.15) is 5.69 Å². The third-order valence-corrected chi connectivity index (χ3v) is 5.35. The van der Waals surface area contributed by atoms with Gasteiger partial charge < -0.3 is 10.6 Å². The predicted molar refractivity (Wildman–Crippen MR) is 111 cm³/mol. The molecule has 0 saturated carbocycles. The maximum Gasteiger partial charge on any atom is 0.272 e. The molecule has 0 spiro atoms. The number of halogens is 1. The Bertz CT molecular complexity index is 945. The van der Waals surface area contributed by atoms with Crippen molar-refractivity contribution in [2.75, 3.05) is 13.1 Å². The molecular weight excluding hydrogens is 372 g/mol. The van der Waals surface area contributed by atoms with Crippen molar-refractivity contribution in [3.63, 3.8) is 0 Å². The number of carbonyl (C=O) groups excluding carboxylic acids is 1. The number of carbonyl (C=O) groups is 1. The highest BCUT2D eigenvalue weighted by molar-refractivity contribution is 6.30. The van der Waals surface area contributed by atoms with Gasteiger partial charge in [-0.1, -0.05) is 48.0 Å². The minimum absolute atomic E-state index is 0.159. The van der Waals surface area contributed by atoms with Crippen molar-refractivity contribution in [2.45, 2.75) is 25.4 Å². The van der Waals surface area contributed by atoms with E-state index in [4.69, 9.17) is 11.6 Å². The molecule has 28 heavy (non-hydrogen) atoms. The summed E-state index contributed by atoms with van der Waals surface area (Å²) >= 11 is 6.00. The summed E-state index contributed by atoms with van der Waals surface area (Å²) in [5.74, 6) is -0.159. The number of aromatic nitrogens is 2. The molecule has 2 heterocycles. The fraction of sp³-hybridized carbons (Fsp3) is 0.273. The van der Waals surface area contributed by atoms with Crippen molar-refractivity contribution < 1.29 is 4.79 Å². The van der Waals surface area contributed by atoms with Gasteiger partial charge in [0.25, 0.3) is 5.91 Å². The van der Waals surface area contributed by atoms with E-state index in [0.29, 0.717) is 23.3 Å². The third-order valence-electron chi connectivity index (χ3n) is 5.10. The number of piperidine rings is 1. The molecule has 1 saturated heterocycles. The molecule has 2 aromatic carbocycles. The van der Waals surface area contributed by atoms with Gasteiger partial charge in [-0.05, 0) is 54.3 Å². The number of nitrogens with zero attached hydrogens (tertiary/aromatic N) is 2. The molecule has 5 nitrogen and oxygen atoms in total. The standard InChI is InChI=1S/C22H23ClN4O/c23-18-9-7-16(8-10-18)20-6-2-1-4-17(20)14-25-22(28)21-11-13-27(26-21)19-5-3-12-24-15-19/h1-2,4,6-11,13,19,24H,3,5,12,14-15H2,(H,25,28). The predicted octanol–water partition coefficient (Wildman–Crippen LogP) is 4.06. The SMILES string of the molecule is O=C(NCc1ccccc1-c1ccc(Cl)cc1)c1ccn(C2CCCNC2)n1. The van der Waals surface area contributed by atoms with Crippen LogP contribution in [0, 0.1) is 0 Å². The first-order valence-electron chi connectivity index (χ1n) is 9.58. The average molecular weight is 395 g/mol. The quantitative estimate of drug-likeness (QED) is 0.686. The summed E-state index contributed by atoms with van der Waals surface area (Å²) < 4.78 is 1.91. The molecule has 3 aromatic rings. The first kappa shape index (κ1) is 18.7. The first-order chi connectivity index (χ1) is 13.7. The first-order valence-corrected chi connectivity index (χ1v) is 9.96. The molecule has 6 heteroatoms. The van der Waals surface area contributed by atoms with E-state index >= 15 is 0 Å². The molecule has 4 rings (SSSR count). The fourth-order valence-electron chi connectivity index (χ4n) is 3.57. The highest BCUT2D eigenvalue weighted by Gasteiger charge is 2.17. The van der Waals surface area contributed by atoms with E-state index in [2.05, 4.69) is 21.8 Å². The lowest BCUT2D eigenvalue weighted by atomic mass is 10.00. The van der Waals surface area contributed by atoms with E-state index in [1.807, 2.05) is 53.3 Å². The van der Waals surface area contributed by atoms with Gasteiger partial charge in [0.05, 0.1) is 6.04 Å². The van der Waals surface area contributed by atoms with Crippen LogP contribution in [-0.2, 0) is 6.54 Å². The number of rotatable bonds is 5. The van der Waals surface area contributed by atoms with Crippen molar-refractivity contribution in [1.29, 1.82) is 0 Å². The largest absolute Gasteiger partial charge is 0.347 e. The lowest BCUT2D eigenvalue weighted by Gasteiger charge is -2.22. The third kappa shape index (κ3) is 4.26. The molecule has 144 valence electrons. The Morgan fingerprint density at radius 1 is 1.18 bits per heavy atom. The summed E-state index contributed by atoms with van der Waals surface area (Å²) in [5.41, 5.74) is 3.66. The average Bonchev–Trinajstić information content (AvgIpc) is 3.24. The second-order valence-electron chi connectivity index (χ2n) is 7.03. The lowest BCUT2D eigenvalue weighted by Crippen LogP contribution is -2.32. The summed E-state index contributed by atoms with van der Waals surface area (Å²) in [6.45, 7) is 2.39. The monoisotopic (exact) mass is 394 g/mol. The summed E-state index contributed by atoms with van der Waals surface area (Å²) in [6, 6.07) is 17.9. The fourth-order valence-corrected chi connectivity index (χ4v) is 3.70. The molecule has 1 aromatic heterocycles. The van der Waals surface area contributed by atoms with E-state index in [0.717, 1.165) is 42.6 Å². The number of amides is 1. The molecule has 1 fully saturated rings. The van der Waals surface area contributed by atoms with Crippen LogP contribution in [0.5, 0.6) is 0 Å². The van der Waals surface area contributed by atoms with Gasteiger partial charge in [-0.25, -0.2) is 0 Å².